The van der Waals surface area contributed by atoms with Crippen LogP contribution in [0.15, 0.2) is 24.3 Å². The molecule has 0 radical (unpaired) electrons. The van der Waals surface area contributed by atoms with Gasteiger partial charge in [0, 0.05) is 0 Å². The predicted octanol–water partition coefficient (Wildman–Crippen LogP) is 2.23. The maximum atomic E-state index is 9.01. The number of hydrogen-bond acceptors (Lipinski definition) is 1. The van der Waals surface area contributed by atoms with Crippen molar-refractivity contribution >= 4 is 20.2 Å². The molecule has 0 saturated heterocycles. The van der Waals surface area contributed by atoms with E-state index in [0.29, 0.717) is 5.75 Å². The molecule has 1 aromatic carbocycles. The van der Waals surface area contributed by atoms with Gasteiger partial charge in [-0.25, -0.2) is 0 Å². The fourth-order valence-electron chi connectivity index (χ4n) is 0.967. The molecular formula is C9H13OSb. The molecule has 0 aromatic heterocycles. The molecule has 0 saturated carbocycles. The van der Waals surface area contributed by atoms with Gasteiger partial charge >= 0.3 is 75.0 Å². The van der Waals surface area contributed by atoms with E-state index in [-0.39, 0.29) is 0 Å². The molecule has 0 spiro atoms. The van der Waals surface area contributed by atoms with Crippen molar-refractivity contribution in [2.75, 3.05) is 0 Å². The molecule has 1 aromatic rings. The molecule has 0 aliphatic carbocycles. The molecule has 0 aliphatic rings. The van der Waals surface area contributed by atoms with Crippen molar-refractivity contribution in [3.63, 3.8) is 0 Å². The van der Waals surface area contributed by atoms with E-state index in [4.69, 9.17) is 5.11 Å². The first-order chi connectivity index (χ1) is 5.18. The molecule has 11 heavy (non-hydrogen) atoms. The Morgan fingerprint density at radius 2 is 1.73 bits per heavy atom. The molecule has 1 nitrogen and oxygen atoms in total. The molecule has 0 heterocycles. The van der Waals surface area contributed by atoms with E-state index < -0.39 is 20.2 Å². The Morgan fingerprint density at radius 3 is 2.18 bits per heavy atom. The van der Waals surface area contributed by atoms with Gasteiger partial charge in [0.05, 0.1) is 0 Å². The van der Waals surface area contributed by atoms with Crippen LogP contribution in [0.1, 0.15) is 5.56 Å². The van der Waals surface area contributed by atoms with Crippen LogP contribution in [0.5, 0.6) is 5.75 Å². The van der Waals surface area contributed by atoms with Gasteiger partial charge in [0.1, 0.15) is 0 Å². The quantitative estimate of drug-likeness (QED) is 0.807. The van der Waals surface area contributed by atoms with E-state index in [9.17, 15) is 0 Å². The predicted molar refractivity (Wildman–Crippen MR) is 49.3 cm³/mol. The van der Waals surface area contributed by atoms with Crippen molar-refractivity contribution in [1.82, 2.24) is 0 Å². The van der Waals surface area contributed by atoms with Crippen LogP contribution in [0.2, 0.25) is 9.74 Å². The van der Waals surface area contributed by atoms with E-state index in [0.717, 1.165) is 0 Å². The topological polar surface area (TPSA) is 20.2 Å². The SMILES string of the molecule is [CH3][Sb]([CH3])[CH2]c1ccc(O)cc1. The summed E-state index contributed by atoms with van der Waals surface area (Å²) in [6.07, 6.45) is 0. The molecule has 60 valence electrons. The van der Waals surface area contributed by atoms with Crippen LogP contribution >= 0.6 is 0 Å². The van der Waals surface area contributed by atoms with E-state index in [2.05, 4.69) is 9.74 Å². The Labute approximate surface area is 75.0 Å². The van der Waals surface area contributed by atoms with E-state index >= 15 is 0 Å². The van der Waals surface area contributed by atoms with Gasteiger partial charge < -0.3 is 0 Å². The first kappa shape index (κ1) is 8.93. The number of phenols is 1. The Balaban J connectivity index is 2.66. The summed E-state index contributed by atoms with van der Waals surface area (Å²) in [6, 6.07) is 7.55. The summed E-state index contributed by atoms with van der Waals surface area (Å²) in [4.78, 5) is 4.74. The zero-order valence-corrected chi connectivity index (χ0v) is 9.46. The van der Waals surface area contributed by atoms with Crippen LogP contribution in [-0.2, 0) is 4.37 Å². The fraction of sp³-hybridized carbons (Fsp3) is 0.333. The first-order valence-electron chi connectivity index (χ1n) is 3.61. The van der Waals surface area contributed by atoms with Crippen LogP contribution in [0.25, 0.3) is 0 Å². The summed E-state index contributed by atoms with van der Waals surface area (Å²) in [5.74, 6) is 0.365. The molecule has 0 aliphatic heterocycles. The Bertz CT molecular complexity index is 216. The fourth-order valence-corrected chi connectivity index (χ4v) is 3.65. The normalized spacial score (nSPS) is 10.5. The third-order valence-corrected chi connectivity index (χ3v) is 4.28. The summed E-state index contributed by atoms with van der Waals surface area (Å²) in [7, 11) is 0. The van der Waals surface area contributed by atoms with Crippen molar-refractivity contribution in [2.45, 2.75) is 14.1 Å². The van der Waals surface area contributed by atoms with Crippen LogP contribution in [0.4, 0.5) is 0 Å². The minimum atomic E-state index is -0.870. The average molecular weight is 259 g/mol. The molecule has 0 bridgehead atoms. The third-order valence-electron chi connectivity index (χ3n) is 1.44. The Morgan fingerprint density at radius 1 is 1.18 bits per heavy atom. The van der Waals surface area contributed by atoms with Gasteiger partial charge in [-0.15, -0.1) is 0 Å². The van der Waals surface area contributed by atoms with Gasteiger partial charge in [-0.05, 0) is 0 Å². The summed E-state index contributed by atoms with van der Waals surface area (Å²) < 4.78 is 1.27. The number of phenolic OH excluding ortho intramolecular Hbond substituents is 1. The van der Waals surface area contributed by atoms with Crippen molar-refractivity contribution < 1.29 is 5.11 Å². The number of benzene rings is 1. The molecule has 2 heteroatoms. The van der Waals surface area contributed by atoms with Gasteiger partial charge in [0.2, 0.25) is 0 Å². The Kier molecular flexibility index (Phi) is 3.26. The minimum absolute atomic E-state index is 0.365. The molecule has 0 fully saturated rings. The molecule has 0 atom stereocenters. The van der Waals surface area contributed by atoms with Crippen LogP contribution in [0, 0.1) is 0 Å². The van der Waals surface area contributed by atoms with Gasteiger partial charge in [-0.1, -0.05) is 0 Å². The molecular weight excluding hydrogens is 246 g/mol. The van der Waals surface area contributed by atoms with Crippen LogP contribution in [0.3, 0.4) is 0 Å². The molecule has 1 N–H and O–H groups in total. The number of aromatic hydroxyl groups is 1. The number of rotatable bonds is 2. The van der Waals surface area contributed by atoms with Crippen LogP contribution in [-0.4, -0.2) is 25.3 Å². The standard InChI is InChI=1S/C7H7O.2CH3.Sb/c1-6-2-4-7(8)5-3-6;;;/h2-5,8H,1H2;2*1H3;. The molecule has 1 rings (SSSR count). The van der Waals surface area contributed by atoms with Gasteiger partial charge in [-0.3, -0.25) is 0 Å². The van der Waals surface area contributed by atoms with Crippen molar-refractivity contribution in [2.24, 2.45) is 0 Å². The summed E-state index contributed by atoms with van der Waals surface area (Å²) in [6.45, 7) is 0. The van der Waals surface area contributed by atoms with Gasteiger partial charge in [0.15, 0.2) is 0 Å². The van der Waals surface area contributed by atoms with Gasteiger partial charge in [-0.2, -0.15) is 0 Å². The first-order valence-corrected chi connectivity index (χ1v) is 10.5. The Hall–Kier alpha value is -0.162. The van der Waals surface area contributed by atoms with Crippen molar-refractivity contribution in [1.29, 1.82) is 0 Å². The third kappa shape index (κ3) is 3.16. The zero-order chi connectivity index (χ0) is 8.27. The van der Waals surface area contributed by atoms with E-state index in [1.165, 1.54) is 9.93 Å². The summed E-state index contributed by atoms with van der Waals surface area (Å²) in [5, 5.41) is 9.01. The second-order valence-electron chi connectivity index (χ2n) is 2.90. The summed E-state index contributed by atoms with van der Waals surface area (Å²) >= 11 is -0.870. The van der Waals surface area contributed by atoms with Gasteiger partial charge in [0.25, 0.3) is 0 Å². The average Bonchev–Trinajstić information content (AvgIpc) is 1.93. The second kappa shape index (κ2) is 4.01. The zero-order valence-electron chi connectivity index (χ0n) is 6.91. The van der Waals surface area contributed by atoms with Crippen molar-refractivity contribution in [3.8, 4) is 5.75 Å². The van der Waals surface area contributed by atoms with E-state index in [1.807, 2.05) is 12.1 Å². The number of hydrogen-bond donors (Lipinski definition) is 1. The monoisotopic (exact) mass is 258 g/mol. The molecule has 0 unspecified atom stereocenters. The van der Waals surface area contributed by atoms with E-state index in [1.54, 1.807) is 12.1 Å². The maximum absolute atomic E-state index is 9.01. The summed E-state index contributed by atoms with van der Waals surface area (Å²) in [5.41, 5.74) is 1.37. The molecule has 0 amide bonds. The van der Waals surface area contributed by atoms with Crippen LogP contribution < -0.4 is 0 Å². The van der Waals surface area contributed by atoms with Crippen molar-refractivity contribution in [3.05, 3.63) is 29.8 Å². The second-order valence-corrected chi connectivity index (χ2v) is 9.97.